The van der Waals surface area contributed by atoms with Gasteiger partial charge in [-0.25, -0.2) is 0 Å². The molecule has 3 rings (SSSR count). The van der Waals surface area contributed by atoms with Gasteiger partial charge in [0.1, 0.15) is 0 Å². The minimum absolute atomic E-state index is 0.102. The van der Waals surface area contributed by atoms with Gasteiger partial charge in [0.2, 0.25) is 5.91 Å². The van der Waals surface area contributed by atoms with Gasteiger partial charge in [-0.15, -0.1) is 0 Å². The number of aliphatic hydroxyl groups excluding tert-OH is 1. The van der Waals surface area contributed by atoms with Gasteiger partial charge in [0, 0.05) is 32.2 Å². The van der Waals surface area contributed by atoms with Crippen molar-refractivity contribution in [2.45, 2.75) is 37.8 Å². The second-order valence-electron chi connectivity index (χ2n) is 6.86. The SMILES string of the molecule is COCCCNC(=O)C1CCN([C@H]2Cc3ccccc3[C@@H]2O)CC1. The summed E-state index contributed by atoms with van der Waals surface area (Å²) in [6.45, 7) is 3.13. The zero-order valence-corrected chi connectivity index (χ0v) is 14.4. The van der Waals surface area contributed by atoms with E-state index < -0.39 is 6.10 Å². The molecule has 5 nitrogen and oxygen atoms in total. The Bertz CT molecular complexity index is 555. The van der Waals surface area contributed by atoms with Gasteiger partial charge in [-0.2, -0.15) is 0 Å². The number of hydrogen-bond donors (Lipinski definition) is 2. The first-order valence-electron chi connectivity index (χ1n) is 8.97. The molecule has 0 aromatic heterocycles. The molecule has 2 aliphatic rings. The summed E-state index contributed by atoms with van der Waals surface area (Å²) in [6, 6.07) is 8.32. The molecule has 0 bridgehead atoms. The standard InChI is InChI=1S/C19H28N2O3/c1-24-12-4-9-20-19(23)14-7-10-21(11-8-14)17-13-15-5-2-3-6-16(15)18(17)22/h2-3,5-6,14,17-18,22H,4,7-13H2,1H3,(H,20,23)/t17-,18-/m0/s1. The van der Waals surface area contributed by atoms with Crippen LogP contribution in [0.15, 0.2) is 24.3 Å². The van der Waals surface area contributed by atoms with E-state index in [1.165, 1.54) is 5.56 Å². The number of amides is 1. The van der Waals surface area contributed by atoms with Gasteiger partial charge in [0.15, 0.2) is 0 Å². The molecule has 2 N–H and O–H groups in total. The number of benzene rings is 1. The van der Waals surface area contributed by atoms with Gasteiger partial charge >= 0.3 is 0 Å². The lowest BCUT2D eigenvalue weighted by Crippen LogP contribution is -2.46. The molecule has 0 unspecified atom stereocenters. The van der Waals surface area contributed by atoms with Crippen LogP contribution in [-0.4, -0.2) is 55.3 Å². The molecule has 2 atom stereocenters. The van der Waals surface area contributed by atoms with E-state index >= 15 is 0 Å². The summed E-state index contributed by atoms with van der Waals surface area (Å²) in [4.78, 5) is 14.6. The average molecular weight is 332 g/mol. The van der Waals surface area contributed by atoms with Crippen molar-refractivity contribution in [3.63, 3.8) is 0 Å². The van der Waals surface area contributed by atoms with Crippen molar-refractivity contribution in [2.75, 3.05) is 33.4 Å². The van der Waals surface area contributed by atoms with Crippen LogP contribution >= 0.6 is 0 Å². The first kappa shape index (κ1) is 17.4. The fraction of sp³-hybridized carbons (Fsp3) is 0.632. The average Bonchev–Trinajstić information content (AvgIpc) is 2.96. The summed E-state index contributed by atoms with van der Waals surface area (Å²) < 4.78 is 5.00. The maximum absolute atomic E-state index is 12.2. The maximum atomic E-state index is 12.2. The molecule has 1 aliphatic carbocycles. The Kier molecular flexibility index (Phi) is 5.87. The Morgan fingerprint density at radius 1 is 1.33 bits per heavy atom. The lowest BCUT2D eigenvalue weighted by Gasteiger charge is -2.36. The van der Waals surface area contributed by atoms with Crippen LogP contribution in [0.4, 0.5) is 0 Å². The molecule has 1 heterocycles. The van der Waals surface area contributed by atoms with E-state index in [2.05, 4.69) is 16.3 Å². The van der Waals surface area contributed by atoms with Gasteiger partial charge in [-0.3, -0.25) is 9.69 Å². The van der Waals surface area contributed by atoms with E-state index in [1.807, 2.05) is 18.2 Å². The molecule has 1 aromatic carbocycles. The zero-order valence-electron chi connectivity index (χ0n) is 14.4. The largest absolute Gasteiger partial charge is 0.387 e. The van der Waals surface area contributed by atoms with Gasteiger partial charge in [-0.1, -0.05) is 24.3 Å². The van der Waals surface area contributed by atoms with Crippen LogP contribution in [0.3, 0.4) is 0 Å². The smallest absolute Gasteiger partial charge is 0.223 e. The van der Waals surface area contributed by atoms with Gasteiger partial charge in [0.05, 0.1) is 6.10 Å². The first-order chi connectivity index (χ1) is 11.7. The number of carbonyl (C=O) groups is 1. The molecular weight excluding hydrogens is 304 g/mol. The van der Waals surface area contributed by atoms with Crippen molar-refractivity contribution in [3.05, 3.63) is 35.4 Å². The lowest BCUT2D eigenvalue weighted by atomic mass is 9.94. The van der Waals surface area contributed by atoms with Crippen LogP contribution < -0.4 is 5.32 Å². The van der Waals surface area contributed by atoms with Crippen LogP contribution in [-0.2, 0) is 16.0 Å². The summed E-state index contributed by atoms with van der Waals surface area (Å²) in [5.41, 5.74) is 2.33. The molecule has 0 spiro atoms. The summed E-state index contributed by atoms with van der Waals surface area (Å²) in [5.74, 6) is 0.269. The molecule has 0 radical (unpaired) electrons. The predicted octanol–water partition coefficient (Wildman–Crippen LogP) is 1.51. The van der Waals surface area contributed by atoms with Gasteiger partial charge < -0.3 is 15.2 Å². The lowest BCUT2D eigenvalue weighted by molar-refractivity contribution is -0.126. The van der Waals surface area contributed by atoms with Crippen LogP contribution in [0.1, 0.15) is 36.5 Å². The van der Waals surface area contributed by atoms with Crippen molar-refractivity contribution in [2.24, 2.45) is 5.92 Å². The highest BCUT2D eigenvalue weighted by molar-refractivity contribution is 5.78. The second kappa shape index (κ2) is 8.10. The molecule has 132 valence electrons. The highest BCUT2D eigenvalue weighted by atomic mass is 16.5. The summed E-state index contributed by atoms with van der Waals surface area (Å²) in [5, 5.41) is 13.6. The third kappa shape index (κ3) is 3.79. The number of aliphatic hydroxyl groups is 1. The molecule has 1 saturated heterocycles. The summed E-state index contributed by atoms with van der Waals surface area (Å²) >= 11 is 0. The summed E-state index contributed by atoms with van der Waals surface area (Å²) in [6.07, 6.45) is 3.10. The van der Waals surface area contributed by atoms with Gasteiger partial charge in [-0.05, 0) is 49.9 Å². The number of rotatable bonds is 6. The number of ether oxygens (including phenoxy) is 1. The fourth-order valence-corrected chi connectivity index (χ4v) is 3.95. The number of carbonyl (C=O) groups excluding carboxylic acids is 1. The quantitative estimate of drug-likeness (QED) is 0.775. The van der Waals surface area contributed by atoms with E-state index in [-0.39, 0.29) is 17.9 Å². The number of nitrogens with zero attached hydrogens (tertiary/aromatic N) is 1. The molecule has 1 amide bonds. The van der Waals surface area contributed by atoms with E-state index in [0.717, 1.165) is 44.3 Å². The normalized spacial score (nSPS) is 24.8. The minimum Gasteiger partial charge on any atom is -0.387 e. The topological polar surface area (TPSA) is 61.8 Å². The fourth-order valence-electron chi connectivity index (χ4n) is 3.95. The first-order valence-corrected chi connectivity index (χ1v) is 8.97. The van der Waals surface area contributed by atoms with Crippen LogP contribution in [0.2, 0.25) is 0 Å². The number of hydrogen-bond acceptors (Lipinski definition) is 4. The number of fused-ring (bicyclic) bond motifs is 1. The molecule has 1 aromatic rings. The number of nitrogens with one attached hydrogen (secondary N) is 1. The highest BCUT2D eigenvalue weighted by Gasteiger charge is 2.37. The molecular formula is C19H28N2O3. The van der Waals surface area contributed by atoms with Crippen LogP contribution in [0.5, 0.6) is 0 Å². The van der Waals surface area contributed by atoms with Crippen molar-refractivity contribution in [3.8, 4) is 0 Å². The monoisotopic (exact) mass is 332 g/mol. The Hall–Kier alpha value is -1.43. The number of methoxy groups -OCH3 is 1. The van der Waals surface area contributed by atoms with Crippen LogP contribution in [0.25, 0.3) is 0 Å². The van der Waals surface area contributed by atoms with Gasteiger partial charge in [0.25, 0.3) is 0 Å². The third-order valence-electron chi connectivity index (χ3n) is 5.36. The molecule has 1 fully saturated rings. The van der Waals surface area contributed by atoms with Crippen molar-refractivity contribution < 1.29 is 14.6 Å². The number of likely N-dealkylation sites (tertiary alicyclic amines) is 1. The second-order valence-corrected chi connectivity index (χ2v) is 6.86. The minimum atomic E-state index is -0.402. The third-order valence-corrected chi connectivity index (χ3v) is 5.36. The van der Waals surface area contributed by atoms with E-state index in [9.17, 15) is 9.90 Å². The Morgan fingerprint density at radius 2 is 2.08 bits per heavy atom. The van der Waals surface area contributed by atoms with E-state index in [4.69, 9.17) is 4.74 Å². The molecule has 1 aliphatic heterocycles. The molecule has 24 heavy (non-hydrogen) atoms. The Balaban J connectivity index is 1.47. The van der Waals surface area contributed by atoms with Crippen LogP contribution in [0, 0.1) is 5.92 Å². The number of piperidine rings is 1. The highest BCUT2D eigenvalue weighted by Crippen LogP contribution is 2.35. The van der Waals surface area contributed by atoms with E-state index in [0.29, 0.717) is 13.2 Å². The van der Waals surface area contributed by atoms with E-state index in [1.54, 1.807) is 7.11 Å². The predicted molar refractivity (Wildman–Crippen MR) is 92.7 cm³/mol. The Labute approximate surface area is 144 Å². The maximum Gasteiger partial charge on any atom is 0.223 e. The Morgan fingerprint density at radius 3 is 2.79 bits per heavy atom. The molecule has 0 saturated carbocycles. The summed E-state index contributed by atoms with van der Waals surface area (Å²) in [7, 11) is 1.67. The zero-order chi connectivity index (χ0) is 16.9. The molecule has 5 heteroatoms. The van der Waals surface area contributed by atoms with Crippen molar-refractivity contribution in [1.82, 2.24) is 10.2 Å². The van der Waals surface area contributed by atoms with Crippen molar-refractivity contribution >= 4 is 5.91 Å². The van der Waals surface area contributed by atoms with Crippen molar-refractivity contribution in [1.29, 1.82) is 0 Å².